The number of aromatic nitrogens is 4. The van der Waals surface area contributed by atoms with Gasteiger partial charge in [-0.15, -0.1) is 0 Å². The van der Waals surface area contributed by atoms with Gasteiger partial charge in [0, 0.05) is 6.42 Å². The van der Waals surface area contributed by atoms with Crippen LogP contribution in [0.25, 0.3) is 11.2 Å². The number of aliphatic hydroxyl groups is 2. The van der Waals surface area contributed by atoms with E-state index in [1.165, 1.54) is 6.33 Å². The van der Waals surface area contributed by atoms with Gasteiger partial charge >= 0.3 is 0 Å². The van der Waals surface area contributed by atoms with Gasteiger partial charge in [0.2, 0.25) is 5.95 Å². The molecule has 3 rings (SSSR count). The van der Waals surface area contributed by atoms with Crippen molar-refractivity contribution in [3.63, 3.8) is 0 Å². The van der Waals surface area contributed by atoms with Crippen LogP contribution in [0.15, 0.2) is 11.1 Å². The van der Waals surface area contributed by atoms with Gasteiger partial charge in [0.1, 0.15) is 0 Å². The Kier molecular flexibility index (Phi) is 2.76. The molecule has 0 radical (unpaired) electrons. The van der Waals surface area contributed by atoms with E-state index in [0.717, 1.165) is 0 Å². The third-order valence-corrected chi connectivity index (χ3v) is 3.56. The third-order valence-electron chi connectivity index (χ3n) is 3.56. The topological polar surface area (TPSA) is 130 Å². The van der Waals surface area contributed by atoms with Crippen molar-refractivity contribution in [1.82, 2.24) is 19.5 Å². The molecule has 8 nitrogen and oxygen atoms in total. The number of fused-ring (bicyclic) bond motifs is 1. The highest BCUT2D eigenvalue weighted by molar-refractivity contribution is 5.70. The molecular weight excluding hydrogens is 250 g/mol. The number of rotatable bonds is 1. The zero-order chi connectivity index (χ0) is 13.6. The smallest absolute Gasteiger partial charge is 0.280 e. The van der Waals surface area contributed by atoms with Gasteiger partial charge in [-0.25, -0.2) is 4.98 Å². The minimum Gasteiger partial charge on any atom is -0.393 e. The van der Waals surface area contributed by atoms with Crippen molar-refractivity contribution in [3.05, 3.63) is 16.7 Å². The molecule has 0 bridgehead atoms. The Morgan fingerprint density at radius 3 is 2.95 bits per heavy atom. The highest BCUT2D eigenvalue weighted by Crippen LogP contribution is 2.30. The van der Waals surface area contributed by atoms with Crippen LogP contribution in [0.4, 0.5) is 5.95 Å². The molecule has 5 N–H and O–H groups in total. The quantitative estimate of drug-likeness (QED) is 0.531. The fraction of sp³-hybridized carbons (Fsp3) is 0.545. The largest absolute Gasteiger partial charge is 0.393 e. The van der Waals surface area contributed by atoms with Gasteiger partial charge in [-0.05, 0) is 12.8 Å². The standard InChI is InChI=1S/C11H15N5O3/c12-11-14-9-8(10(19)15-11)13-4-16(9)6-2-1-5(17)3-7(6)18/h4-7,17-18H,1-3H2,(H3,12,14,15,19)/t5-,6+,7?/m0/s1. The van der Waals surface area contributed by atoms with Gasteiger partial charge in [0.15, 0.2) is 11.2 Å². The van der Waals surface area contributed by atoms with Crippen molar-refractivity contribution in [1.29, 1.82) is 0 Å². The number of hydrogen-bond donors (Lipinski definition) is 4. The third kappa shape index (κ3) is 1.98. The van der Waals surface area contributed by atoms with Gasteiger partial charge < -0.3 is 20.5 Å². The summed E-state index contributed by atoms with van der Waals surface area (Å²) in [6.07, 6.45) is 1.81. The number of nitrogens with zero attached hydrogens (tertiary/aromatic N) is 3. The van der Waals surface area contributed by atoms with Gasteiger partial charge in [-0.2, -0.15) is 4.98 Å². The number of imidazole rings is 1. The van der Waals surface area contributed by atoms with Crippen LogP contribution in [0.3, 0.4) is 0 Å². The Balaban J connectivity index is 2.08. The number of aromatic amines is 1. The number of aliphatic hydroxyl groups excluding tert-OH is 2. The Morgan fingerprint density at radius 1 is 1.42 bits per heavy atom. The Hall–Kier alpha value is -1.93. The SMILES string of the molecule is Nc1nc2c(ncn2[C@@H]2CC[C@H](O)CC2O)c(=O)[nH]1. The molecule has 1 aliphatic rings. The molecule has 2 aromatic heterocycles. The summed E-state index contributed by atoms with van der Waals surface area (Å²) in [7, 11) is 0. The first-order valence-corrected chi connectivity index (χ1v) is 6.14. The number of H-pyrrole nitrogens is 1. The molecule has 1 unspecified atom stereocenters. The van der Waals surface area contributed by atoms with E-state index in [1.807, 2.05) is 0 Å². The van der Waals surface area contributed by atoms with E-state index in [1.54, 1.807) is 4.57 Å². The molecule has 0 aromatic carbocycles. The van der Waals surface area contributed by atoms with Crippen LogP contribution in [0.1, 0.15) is 25.3 Å². The molecule has 0 saturated heterocycles. The van der Waals surface area contributed by atoms with Crippen LogP contribution < -0.4 is 11.3 Å². The van der Waals surface area contributed by atoms with E-state index in [4.69, 9.17) is 5.73 Å². The van der Waals surface area contributed by atoms with Crippen molar-refractivity contribution in [2.45, 2.75) is 37.5 Å². The molecule has 0 spiro atoms. The van der Waals surface area contributed by atoms with Crippen LogP contribution in [-0.2, 0) is 0 Å². The van der Waals surface area contributed by atoms with Crippen LogP contribution in [-0.4, -0.2) is 41.9 Å². The molecule has 102 valence electrons. The fourth-order valence-corrected chi connectivity index (χ4v) is 2.62. The lowest BCUT2D eigenvalue weighted by Gasteiger charge is -2.31. The average molecular weight is 265 g/mol. The summed E-state index contributed by atoms with van der Waals surface area (Å²) in [5.74, 6) is 0.0181. The molecule has 0 amide bonds. The predicted octanol–water partition coefficient (Wildman–Crippen LogP) is -0.851. The summed E-state index contributed by atoms with van der Waals surface area (Å²) >= 11 is 0. The van der Waals surface area contributed by atoms with Crippen molar-refractivity contribution in [2.24, 2.45) is 0 Å². The average Bonchev–Trinajstić information content (AvgIpc) is 2.73. The summed E-state index contributed by atoms with van der Waals surface area (Å²) < 4.78 is 1.66. The summed E-state index contributed by atoms with van der Waals surface area (Å²) in [6.45, 7) is 0. The lowest BCUT2D eigenvalue weighted by atomic mass is 9.90. The van der Waals surface area contributed by atoms with Crippen molar-refractivity contribution >= 4 is 17.1 Å². The Morgan fingerprint density at radius 2 is 2.21 bits per heavy atom. The maximum atomic E-state index is 11.7. The molecule has 0 aliphatic heterocycles. The van der Waals surface area contributed by atoms with Crippen LogP contribution in [0, 0.1) is 0 Å². The number of hydrogen-bond acceptors (Lipinski definition) is 6. The monoisotopic (exact) mass is 265 g/mol. The maximum absolute atomic E-state index is 11.7. The highest BCUT2D eigenvalue weighted by Gasteiger charge is 2.30. The zero-order valence-corrected chi connectivity index (χ0v) is 10.2. The summed E-state index contributed by atoms with van der Waals surface area (Å²) in [5, 5.41) is 19.6. The molecule has 8 heteroatoms. The molecule has 1 aliphatic carbocycles. The normalized spacial score (nSPS) is 27.8. The summed E-state index contributed by atoms with van der Waals surface area (Å²) in [4.78, 5) is 22.1. The van der Waals surface area contributed by atoms with Crippen LogP contribution >= 0.6 is 0 Å². The number of anilines is 1. The number of nitrogen functional groups attached to an aromatic ring is 1. The van der Waals surface area contributed by atoms with Crippen molar-refractivity contribution < 1.29 is 10.2 Å². The first-order chi connectivity index (χ1) is 9.06. The second-order valence-electron chi connectivity index (χ2n) is 4.88. The Bertz CT molecular complexity index is 664. The van der Waals surface area contributed by atoms with E-state index in [-0.39, 0.29) is 17.5 Å². The first-order valence-electron chi connectivity index (χ1n) is 6.14. The molecular formula is C11H15N5O3. The van der Waals surface area contributed by atoms with Gasteiger partial charge in [0.25, 0.3) is 5.56 Å². The lowest BCUT2D eigenvalue weighted by molar-refractivity contribution is 0.00699. The second-order valence-corrected chi connectivity index (χ2v) is 4.88. The van der Waals surface area contributed by atoms with Gasteiger partial charge in [-0.3, -0.25) is 9.78 Å². The van der Waals surface area contributed by atoms with Crippen LogP contribution in [0.2, 0.25) is 0 Å². The molecule has 1 fully saturated rings. The maximum Gasteiger partial charge on any atom is 0.280 e. The molecule has 2 heterocycles. The zero-order valence-electron chi connectivity index (χ0n) is 10.2. The van der Waals surface area contributed by atoms with Gasteiger partial charge in [-0.1, -0.05) is 0 Å². The molecule has 2 aromatic rings. The number of nitrogens with one attached hydrogen (secondary N) is 1. The van der Waals surface area contributed by atoms with Crippen LogP contribution in [0.5, 0.6) is 0 Å². The number of nitrogens with two attached hydrogens (primary N) is 1. The highest BCUT2D eigenvalue weighted by atomic mass is 16.3. The molecule has 1 saturated carbocycles. The van der Waals surface area contributed by atoms with E-state index in [9.17, 15) is 15.0 Å². The Labute approximate surface area is 107 Å². The first kappa shape index (κ1) is 12.1. The minimum absolute atomic E-state index is 0.0181. The summed E-state index contributed by atoms with van der Waals surface area (Å²) in [5.41, 5.74) is 5.70. The van der Waals surface area contributed by atoms with E-state index in [0.29, 0.717) is 24.9 Å². The van der Waals surface area contributed by atoms with Crippen molar-refractivity contribution in [2.75, 3.05) is 5.73 Å². The summed E-state index contributed by atoms with van der Waals surface area (Å²) in [6, 6.07) is -0.248. The lowest BCUT2D eigenvalue weighted by Crippen LogP contribution is -2.33. The molecule has 19 heavy (non-hydrogen) atoms. The second kappa shape index (κ2) is 4.32. The molecule has 3 atom stereocenters. The predicted molar refractivity (Wildman–Crippen MR) is 67.5 cm³/mol. The van der Waals surface area contributed by atoms with E-state index >= 15 is 0 Å². The van der Waals surface area contributed by atoms with E-state index < -0.39 is 17.8 Å². The minimum atomic E-state index is -0.691. The van der Waals surface area contributed by atoms with Gasteiger partial charge in [0.05, 0.1) is 24.6 Å². The van der Waals surface area contributed by atoms with E-state index in [2.05, 4.69) is 15.0 Å². The van der Waals surface area contributed by atoms with Crippen molar-refractivity contribution in [3.8, 4) is 0 Å². The fourth-order valence-electron chi connectivity index (χ4n) is 2.62.